The number of nitrogens with zero attached hydrogens (tertiary/aromatic N) is 1. The number of amides is 3. The van der Waals surface area contributed by atoms with Crippen molar-refractivity contribution in [3.8, 4) is 11.1 Å². The Morgan fingerprint density at radius 2 is 1.75 bits per heavy atom. The minimum absolute atomic E-state index is 0.282. The topological polar surface area (TPSA) is 100 Å². The number of nitrogens with one attached hydrogen (secondary N) is 3. The lowest BCUT2D eigenvalue weighted by molar-refractivity contribution is -0.123. The van der Waals surface area contributed by atoms with Gasteiger partial charge in [-0.1, -0.05) is 54.6 Å². The van der Waals surface area contributed by atoms with Crippen molar-refractivity contribution in [3.05, 3.63) is 89.7 Å². The summed E-state index contributed by atoms with van der Waals surface area (Å²) in [5, 5.41) is 8.26. The summed E-state index contributed by atoms with van der Waals surface area (Å²) in [5.41, 5.74) is 4.13. The quantitative estimate of drug-likeness (QED) is 0.454. The maximum Gasteiger partial charge on any atom is 0.315 e. The summed E-state index contributed by atoms with van der Waals surface area (Å²) in [6.45, 7) is 2.59. The van der Waals surface area contributed by atoms with Crippen molar-refractivity contribution in [3.63, 3.8) is 0 Å². The van der Waals surface area contributed by atoms with E-state index in [1.807, 2.05) is 55.5 Å². The molecule has 164 valence electrons. The van der Waals surface area contributed by atoms with Crippen LogP contribution in [0.4, 0.5) is 4.79 Å². The lowest BCUT2D eigenvalue weighted by Gasteiger charge is -2.19. The van der Waals surface area contributed by atoms with Crippen LogP contribution in [0.15, 0.2) is 73.1 Å². The fourth-order valence-electron chi connectivity index (χ4n) is 3.31. The molecule has 0 saturated heterocycles. The molecule has 3 amide bonds. The van der Waals surface area contributed by atoms with Crippen LogP contribution in [0.3, 0.4) is 0 Å². The lowest BCUT2D eigenvalue weighted by Crippen LogP contribution is -2.50. The second kappa shape index (κ2) is 11.4. The summed E-state index contributed by atoms with van der Waals surface area (Å²) in [6, 6.07) is 17.5. The molecule has 1 atom stereocenters. The first kappa shape index (κ1) is 22.7. The molecule has 0 bridgehead atoms. The molecular weight excluding hydrogens is 404 g/mol. The van der Waals surface area contributed by atoms with Crippen LogP contribution in [0, 0.1) is 0 Å². The summed E-state index contributed by atoms with van der Waals surface area (Å²) < 4.78 is 0. The van der Waals surface area contributed by atoms with Gasteiger partial charge in [0, 0.05) is 37.5 Å². The van der Waals surface area contributed by atoms with Gasteiger partial charge in [-0.25, -0.2) is 4.79 Å². The van der Waals surface area contributed by atoms with Crippen LogP contribution in [-0.4, -0.2) is 35.8 Å². The maximum absolute atomic E-state index is 12.8. The molecule has 0 radical (unpaired) electrons. The molecule has 0 aliphatic carbocycles. The Balaban J connectivity index is 1.72. The summed E-state index contributed by atoms with van der Waals surface area (Å²) >= 11 is 0. The number of hydrogen-bond acceptors (Lipinski definition) is 4. The molecule has 7 heteroatoms. The highest BCUT2D eigenvalue weighted by molar-refractivity contribution is 5.88. The van der Waals surface area contributed by atoms with E-state index in [9.17, 15) is 14.4 Å². The van der Waals surface area contributed by atoms with Gasteiger partial charge in [-0.3, -0.25) is 14.6 Å². The van der Waals surface area contributed by atoms with Crippen molar-refractivity contribution in [1.82, 2.24) is 20.9 Å². The molecule has 3 N–H and O–H groups in total. The minimum Gasteiger partial charge on any atom is -0.350 e. The van der Waals surface area contributed by atoms with Crippen LogP contribution in [0.5, 0.6) is 0 Å². The van der Waals surface area contributed by atoms with Crippen LogP contribution < -0.4 is 16.0 Å². The average Bonchev–Trinajstić information content (AvgIpc) is 2.83. The number of hydrogen-bond donors (Lipinski definition) is 3. The molecular formula is C25H26N4O3. The number of carbonyl (C=O) groups is 3. The predicted molar refractivity (Wildman–Crippen MR) is 123 cm³/mol. The van der Waals surface area contributed by atoms with E-state index in [0.29, 0.717) is 25.1 Å². The highest BCUT2D eigenvalue weighted by Gasteiger charge is 2.21. The number of pyridine rings is 1. The smallest absolute Gasteiger partial charge is 0.315 e. The van der Waals surface area contributed by atoms with Gasteiger partial charge in [-0.05, 0) is 35.2 Å². The Hall–Kier alpha value is -4.00. The van der Waals surface area contributed by atoms with E-state index >= 15 is 0 Å². The average molecular weight is 431 g/mol. The van der Waals surface area contributed by atoms with Gasteiger partial charge < -0.3 is 16.0 Å². The molecule has 1 heterocycles. The molecule has 1 aromatic heterocycles. The van der Waals surface area contributed by atoms with Gasteiger partial charge in [0.25, 0.3) is 0 Å². The predicted octanol–water partition coefficient (Wildman–Crippen LogP) is 3.11. The van der Waals surface area contributed by atoms with Crippen LogP contribution in [0.25, 0.3) is 11.1 Å². The molecule has 0 aliphatic heterocycles. The van der Waals surface area contributed by atoms with Crippen LogP contribution in [0.1, 0.15) is 28.4 Å². The van der Waals surface area contributed by atoms with Crippen molar-refractivity contribution in [1.29, 1.82) is 0 Å². The lowest BCUT2D eigenvalue weighted by atomic mass is 9.97. The highest BCUT2D eigenvalue weighted by atomic mass is 16.2. The summed E-state index contributed by atoms with van der Waals surface area (Å²) in [7, 11) is 0. The molecule has 3 aromatic rings. The third-order valence-electron chi connectivity index (χ3n) is 4.94. The van der Waals surface area contributed by atoms with Gasteiger partial charge >= 0.3 is 6.03 Å². The number of aldehydes is 1. The maximum atomic E-state index is 12.8. The van der Waals surface area contributed by atoms with E-state index in [-0.39, 0.29) is 5.91 Å². The third-order valence-corrected chi connectivity index (χ3v) is 4.94. The van der Waals surface area contributed by atoms with Gasteiger partial charge in [-0.2, -0.15) is 0 Å². The van der Waals surface area contributed by atoms with Gasteiger partial charge in [0.15, 0.2) is 6.29 Å². The Morgan fingerprint density at radius 1 is 0.969 bits per heavy atom. The van der Waals surface area contributed by atoms with E-state index in [4.69, 9.17) is 0 Å². The first-order valence-corrected chi connectivity index (χ1v) is 10.4. The number of rotatable bonds is 9. The van der Waals surface area contributed by atoms with Crippen LogP contribution in [-0.2, 0) is 17.8 Å². The van der Waals surface area contributed by atoms with Crippen molar-refractivity contribution in [2.75, 3.05) is 6.54 Å². The van der Waals surface area contributed by atoms with Crippen molar-refractivity contribution >= 4 is 18.2 Å². The molecule has 0 spiro atoms. The summed E-state index contributed by atoms with van der Waals surface area (Å²) in [5.74, 6) is -0.282. The van der Waals surface area contributed by atoms with Gasteiger partial charge in [0.1, 0.15) is 6.04 Å². The zero-order valence-electron chi connectivity index (χ0n) is 17.9. The second-order valence-corrected chi connectivity index (χ2v) is 7.24. The number of carbonyl (C=O) groups excluding carboxylic acids is 3. The zero-order chi connectivity index (χ0) is 22.8. The number of benzene rings is 2. The summed E-state index contributed by atoms with van der Waals surface area (Å²) in [4.78, 5) is 40.3. The van der Waals surface area contributed by atoms with Gasteiger partial charge in [0.05, 0.1) is 0 Å². The van der Waals surface area contributed by atoms with Crippen molar-refractivity contribution in [2.45, 2.75) is 25.9 Å². The Bertz CT molecular complexity index is 1050. The highest BCUT2D eigenvalue weighted by Crippen LogP contribution is 2.23. The van der Waals surface area contributed by atoms with E-state index in [1.165, 1.54) is 0 Å². The monoisotopic (exact) mass is 430 g/mol. The normalized spacial score (nSPS) is 11.3. The Labute approximate surface area is 187 Å². The van der Waals surface area contributed by atoms with E-state index < -0.39 is 12.1 Å². The van der Waals surface area contributed by atoms with E-state index in [2.05, 4.69) is 20.9 Å². The standard InChI is InChI=1S/C25H26N4O3/c1-2-27-25(32)29-23(24(31)28-16-19-6-5-13-26-15-19)14-18-9-11-20(12-10-18)22-8-4-3-7-21(22)17-30/h3-13,15,17,23H,2,14,16H2,1H3,(H,28,31)(H2,27,29,32). The zero-order valence-corrected chi connectivity index (χ0v) is 17.9. The molecule has 0 fully saturated rings. The van der Waals surface area contributed by atoms with E-state index in [0.717, 1.165) is 28.5 Å². The second-order valence-electron chi connectivity index (χ2n) is 7.24. The molecule has 7 nitrogen and oxygen atoms in total. The molecule has 2 aromatic carbocycles. The molecule has 32 heavy (non-hydrogen) atoms. The van der Waals surface area contributed by atoms with Crippen molar-refractivity contribution in [2.24, 2.45) is 0 Å². The van der Waals surface area contributed by atoms with Crippen LogP contribution >= 0.6 is 0 Å². The molecule has 3 rings (SSSR count). The Morgan fingerprint density at radius 3 is 2.44 bits per heavy atom. The molecule has 1 unspecified atom stereocenters. The van der Waals surface area contributed by atoms with E-state index in [1.54, 1.807) is 24.5 Å². The summed E-state index contributed by atoms with van der Waals surface area (Å²) in [6.07, 6.45) is 4.51. The SMILES string of the molecule is CCNC(=O)NC(Cc1ccc(-c2ccccc2C=O)cc1)C(=O)NCc1cccnc1. The number of aromatic nitrogens is 1. The number of urea groups is 1. The largest absolute Gasteiger partial charge is 0.350 e. The van der Waals surface area contributed by atoms with Gasteiger partial charge in [-0.15, -0.1) is 0 Å². The van der Waals surface area contributed by atoms with Gasteiger partial charge in [0.2, 0.25) is 5.91 Å². The first-order chi connectivity index (χ1) is 15.6. The first-order valence-electron chi connectivity index (χ1n) is 10.4. The molecule has 0 saturated carbocycles. The Kier molecular flexibility index (Phi) is 8.09. The molecule has 0 aliphatic rings. The third kappa shape index (κ3) is 6.25. The fourth-order valence-corrected chi connectivity index (χ4v) is 3.31. The van der Waals surface area contributed by atoms with Crippen LogP contribution in [0.2, 0.25) is 0 Å². The fraction of sp³-hybridized carbons (Fsp3) is 0.200. The minimum atomic E-state index is -0.744. The van der Waals surface area contributed by atoms with Crippen molar-refractivity contribution < 1.29 is 14.4 Å².